The molecule has 0 atom stereocenters. The molecular formula is C17H15F2N5S. The Balaban J connectivity index is 1.83. The van der Waals surface area contributed by atoms with Gasteiger partial charge in [-0.25, -0.2) is 13.8 Å². The van der Waals surface area contributed by atoms with Crippen molar-refractivity contribution in [3.8, 4) is 0 Å². The van der Waals surface area contributed by atoms with Gasteiger partial charge in [-0.1, -0.05) is 47.7 Å². The molecule has 0 saturated heterocycles. The van der Waals surface area contributed by atoms with Gasteiger partial charge < -0.3 is 11.5 Å². The number of nitrogens with zero attached hydrogens (tertiary/aromatic N) is 3. The topological polar surface area (TPSA) is 89.6 Å². The lowest BCUT2D eigenvalue weighted by Gasteiger charge is -2.10. The van der Waals surface area contributed by atoms with Crippen molar-refractivity contribution < 1.29 is 8.78 Å². The number of halogens is 2. The van der Waals surface area contributed by atoms with E-state index in [4.69, 9.17) is 11.5 Å². The zero-order chi connectivity index (χ0) is 18.0. The van der Waals surface area contributed by atoms with E-state index >= 15 is 0 Å². The minimum atomic E-state index is -2.90. The van der Waals surface area contributed by atoms with E-state index in [1.807, 2.05) is 24.3 Å². The molecule has 0 saturated carbocycles. The van der Waals surface area contributed by atoms with E-state index < -0.39 is 5.92 Å². The van der Waals surface area contributed by atoms with Crippen LogP contribution in [0.5, 0.6) is 0 Å². The van der Waals surface area contributed by atoms with Crippen molar-refractivity contribution in [2.75, 3.05) is 0 Å². The van der Waals surface area contributed by atoms with Crippen LogP contribution in [0.1, 0.15) is 18.1 Å². The van der Waals surface area contributed by atoms with E-state index in [0.29, 0.717) is 10.7 Å². The van der Waals surface area contributed by atoms with Gasteiger partial charge in [-0.15, -0.1) is 0 Å². The second kappa shape index (κ2) is 6.56. The Labute approximate surface area is 146 Å². The molecule has 0 fully saturated rings. The van der Waals surface area contributed by atoms with Crippen LogP contribution in [0.3, 0.4) is 0 Å². The van der Waals surface area contributed by atoms with Crippen molar-refractivity contribution in [1.29, 1.82) is 0 Å². The molecule has 0 aliphatic heterocycles. The Morgan fingerprint density at radius 2 is 1.76 bits per heavy atom. The summed E-state index contributed by atoms with van der Waals surface area (Å²) in [6, 6.07) is 13.2. The van der Waals surface area contributed by atoms with Gasteiger partial charge in [0, 0.05) is 18.1 Å². The molecule has 0 amide bonds. The number of hydrogen-bond acceptors (Lipinski definition) is 3. The van der Waals surface area contributed by atoms with E-state index in [1.165, 1.54) is 35.6 Å². The number of thiazole rings is 1. The highest BCUT2D eigenvalue weighted by atomic mass is 32.1. The number of nitrogens with two attached hydrogens (primary N) is 2. The lowest BCUT2D eigenvalue weighted by atomic mass is 10.1. The van der Waals surface area contributed by atoms with Crippen LogP contribution in [0.25, 0.3) is 10.2 Å². The zero-order valence-electron chi connectivity index (χ0n) is 13.3. The van der Waals surface area contributed by atoms with Crippen LogP contribution in [0.2, 0.25) is 0 Å². The van der Waals surface area contributed by atoms with Gasteiger partial charge in [-0.05, 0) is 12.1 Å². The van der Waals surface area contributed by atoms with E-state index in [2.05, 4.69) is 15.0 Å². The predicted octanol–water partition coefficient (Wildman–Crippen LogP) is 3.76. The number of benzene rings is 2. The maximum Gasteiger partial charge on any atom is 0.270 e. The van der Waals surface area contributed by atoms with E-state index in [0.717, 1.165) is 17.1 Å². The molecule has 1 aromatic heterocycles. The van der Waals surface area contributed by atoms with Gasteiger partial charge in [0.2, 0.25) is 11.1 Å². The van der Waals surface area contributed by atoms with Gasteiger partial charge in [0.25, 0.3) is 5.92 Å². The van der Waals surface area contributed by atoms with Crippen molar-refractivity contribution in [2.45, 2.75) is 12.8 Å². The van der Waals surface area contributed by atoms with Gasteiger partial charge in [0.15, 0.2) is 0 Å². The third-order valence-corrected chi connectivity index (χ3v) is 4.35. The van der Waals surface area contributed by atoms with E-state index in [1.54, 1.807) is 0 Å². The van der Waals surface area contributed by atoms with Crippen LogP contribution < -0.4 is 11.5 Å². The monoisotopic (exact) mass is 359 g/mol. The van der Waals surface area contributed by atoms with Gasteiger partial charge in [-0.2, -0.15) is 9.98 Å². The second-order valence-corrected chi connectivity index (χ2v) is 6.41. The molecular weight excluding hydrogens is 344 g/mol. The van der Waals surface area contributed by atoms with Gasteiger partial charge in [-0.3, -0.25) is 0 Å². The first-order valence-electron chi connectivity index (χ1n) is 7.35. The molecule has 4 N–H and O–H groups in total. The number of amidine groups is 1. The Hall–Kier alpha value is -2.87. The first-order valence-corrected chi connectivity index (χ1v) is 8.17. The van der Waals surface area contributed by atoms with Crippen molar-refractivity contribution >= 4 is 38.5 Å². The van der Waals surface area contributed by atoms with Crippen molar-refractivity contribution in [1.82, 2.24) is 4.98 Å². The zero-order valence-corrected chi connectivity index (χ0v) is 14.1. The number of hydrogen-bond donors (Lipinski definition) is 2. The first-order chi connectivity index (χ1) is 11.8. The summed E-state index contributed by atoms with van der Waals surface area (Å²) in [4.78, 5) is 12.5. The molecule has 2 aromatic carbocycles. The van der Waals surface area contributed by atoms with Crippen LogP contribution >= 0.6 is 11.3 Å². The molecule has 5 nitrogen and oxygen atoms in total. The van der Waals surface area contributed by atoms with Crippen molar-refractivity contribution in [3.63, 3.8) is 0 Å². The van der Waals surface area contributed by atoms with Crippen molar-refractivity contribution in [3.05, 3.63) is 59.7 Å². The number of fused-ring (bicyclic) bond motifs is 1. The molecule has 0 bridgehead atoms. The third kappa shape index (κ3) is 3.97. The smallest absolute Gasteiger partial charge is 0.270 e. The van der Waals surface area contributed by atoms with Crippen molar-refractivity contribution in [2.24, 2.45) is 21.5 Å². The van der Waals surface area contributed by atoms with Gasteiger partial charge >= 0.3 is 0 Å². The summed E-state index contributed by atoms with van der Waals surface area (Å²) in [6.07, 6.45) is 0. The van der Waals surface area contributed by atoms with Crippen LogP contribution in [0.4, 0.5) is 13.9 Å². The molecule has 3 rings (SSSR count). The van der Waals surface area contributed by atoms with Crippen LogP contribution in [-0.2, 0) is 5.92 Å². The number of para-hydroxylation sites is 1. The molecule has 0 aliphatic carbocycles. The number of aromatic nitrogens is 1. The summed E-state index contributed by atoms with van der Waals surface area (Å²) < 4.78 is 27.4. The van der Waals surface area contributed by atoms with Gasteiger partial charge in [0.05, 0.1) is 10.2 Å². The largest absolute Gasteiger partial charge is 0.383 e. The minimum absolute atomic E-state index is 0.0542. The Bertz CT molecular complexity index is 922. The lowest BCUT2D eigenvalue weighted by Crippen LogP contribution is -2.19. The van der Waals surface area contributed by atoms with Crippen LogP contribution in [0, 0.1) is 0 Å². The fourth-order valence-electron chi connectivity index (χ4n) is 2.15. The summed E-state index contributed by atoms with van der Waals surface area (Å²) in [5, 5.41) is 0.469. The second-order valence-electron chi connectivity index (χ2n) is 5.40. The van der Waals surface area contributed by atoms with E-state index in [9.17, 15) is 8.78 Å². The quantitative estimate of drug-likeness (QED) is 0.551. The fraction of sp³-hybridized carbons (Fsp3) is 0.118. The highest BCUT2D eigenvalue weighted by Gasteiger charge is 2.23. The average Bonchev–Trinajstić information content (AvgIpc) is 2.96. The highest BCUT2D eigenvalue weighted by molar-refractivity contribution is 7.22. The Kier molecular flexibility index (Phi) is 4.45. The summed E-state index contributed by atoms with van der Waals surface area (Å²) in [5.41, 5.74) is 12.9. The fourth-order valence-corrected chi connectivity index (χ4v) is 3.00. The standard InChI is InChI=1S/C17H15F2N5S/c1-17(18,19)11-8-6-10(7-9-11)14(20)23-15(21)24-16-22-12-4-2-3-5-13(12)25-16/h2-9H,1H3,(H4,20,21,22,23,24). The van der Waals surface area contributed by atoms with Gasteiger partial charge in [0.1, 0.15) is 5.84 Å². The summed E-state index contributed by atoms with van der Waals surface area (Å²) in [5.74, 6) is -2.87. The van der Waals surface area contributed by atoms with E-state index in [-0.39, 0.29) is 17.4 Å². The molecule has 0 unspecified atom stereocenters. The van der Waals surface area contributed by atoms with Crippen LogP contribution in [-0.4, -0.2) is 16.8 Å². The number of aliphatic imine (C=N–C) groups is 2. The maximum atomic E-state index is 13.2. The number of guanidine groups is 1. The van der Waals surface area contributed by atoms with Crippen LogP contribution in [0.15, 0.2) is 58.5 Å². The molecule has 1 heterocycles. The summed E-state index contributed by atoms with van der Waals surface area (Å²) in [7, 11) is 0. The molecule has 0 radical (unpaired) electrons. The lowest BCUT2D eigenvalue weighted by molar-refractivity contribution is 0.0175. The SMILES string of the molecule is CC(F)(F)c1ccc(C(N)=NC(N)=Nc2nc3ccccc3s2)cc1. The summed E-state index contributed by atoms with van der Waals surface area (Å²) in [6.45, 7) is 0.835. The molecule has 25 heavy (non-hydrogen) atoms. The maximum absolute atomic E-state index is 13.2. The molecule has 0 aliphatic rings. The molecule has 8 heteroatoms. The average molecular weight is 359 g/mol. The number of rotatable bonds is 3. The molecule has 128 valence electrons. The molecule has 0 spiro atoms. The normalized spacial score (nSPS) is 13.4. The Morgan fingerprint density at radius 3 is 2.40 bits per heavy atom. The number of alkyl halides is 2. The Morgan fingerprint density at radius 1 is 1.08 bits per heavy atom. The third-order valence-electron chi connectivity index (χ3n) is 3.42. The predicted molar refractivity (Wildman–Crippen MR) is 97.6 cm³/mol. The first kappa shape index (κ1) is 17.0. The minimum Gasteiger partial charge on any atom is -0.383 e. The molecule has 3 aromatic rings. The summed E-state index contributed by atoms with van der Waals surface area (Å²) >= 11 is 1.38. The highest BCUT2D eigenvalue weighted by Crippen LogP contribution is 2.28.